The van der Waals surface area contributed by atoms with E-state index in [4.69, 9.17) is 4.74 Å². The third kappa shape index (κ3) is 3.40. The lowest BCUT2D eigenvalue weighted by atomic mass is 9.73. The molecule has 33 heavy (non-hydrogen) atoms. The molecule has 0 N–H and O–H groups in total. The fourth-order valence-electron chi connectivity index (χ4n) is 4.61. The number of para-hydroxylation sites is 2. The van der Waals surface area contributed by atoms with Crippen molar-refractivity contribution in [1.82, 2.24) is 0 Å². The average Bonchev–Trinajstić information content (AvgIpc) is 2.85. The number of hydrogen-bond donors (Lipinski definition) is 0. The number of benzene rings is 4. The zero-order chi connectivity index (χ0) is 23.2. The van der Waals surface area contributed by atoms with Gasteiger partial charge >= 0.3 is 0 Å². The first kappa shape index (κ1) is 21.3. The Morgan fingerprint density at radius 1 is 0.667 bits per heavy atom. The van der Waals surface area contributed by atoms with E-state index in [9.17, 15) is 8.42 Å². The van der Waals surface area contributed by atoms with E-state index < -0.39 is 9.84 Å². The normalized spacial score (nSPS) is 14.3. The van der Waals surface area contributed by atoms with Gasteiger partial charge in [0.2, 0.25) is 9.84 Å². The summed E-state index contributed by atoms with van der Waals surface area (Å²) < 4.78 is 31.4. The average molecular weight is 456 g/mol. The predicted octanol–water partition coefficient (Wildman–Crippen LogP) is 6.64. The van der Waals surface area contributed by atoms with Crippen LogP contribution in [0.4, 0.5) is 17.1 Å². The number of nitrogens with zero attached hydrogens (tertiary/aromatic N) is 1. The molecule has 0 spiro atoms. The molecule has 1 heterocycles. The van der Waals surface area contributed by atoms with Gasteiger partial charge in [0.05, 0.1) is 28.3 Å². The molecule has 5 heteroatoms. The number of rotatable bonds is 4. The second-order valence-corrected chi connectivity index (χ2v) is 10.6. The summed E-state index contributed by atoms with van der Waals surface area (Å²) in [6.45, 7) is 4.49. The molecule has 5 rings (SSSR count). The monoisotopic (exact) mass is 455 g/mol. The van der Waals surface area contributed by atoms with Crippen molar-refractivity contribution in [3.05, 3.63) is 108 Å². The maximum atomic E-state index is 13.1. The fourth-order valence-corrected chi connectivity index (χ4v) is 5.87. The van der Waals surface area contributed by atoms with Crippen LogP contribution in [0.15, 0.2) is 107 Å². The highest BCUT2D eigenvalue weighted by molar-refractivity contribution is 7.91. The van der Waals surface area contributed by atoms with Crippen molar-refractivity contribution in [2.24, 2.45) is 0 Å². The van der Waals surface area contributed by atoms with Crippen LogP contribution in [0.1, 0.15) is 25.0 Å². The number of fused-ring (bicyclic) bond motifs is 2. The Morgan fingerprint density at radius 3 is 1.61 bits per heavy atom. The van der Waals surface area contributed by atoms with Crippen LogP contribution in [-0.2, 0) is 15.3 Å². The number of sulfone groups is 1. The van der Waals surface area contributed by atoms with Gasteiger partial charge in [0.15, 0.2) is 0 Å². The van der Waals surface area contributed by atoms with E-state index in [1.165, 1.54) is 11.1 Å². The molecule has 0 bridgehead atoms. The molecule has 0 radical (unpaired) electrons. The van der Waals surface area contributed by atoms with Crippen LogP contribution in [0.5, 0.6) is 5.75 Å². The number of hydrogen-bond acceptors (Lipinski definition) is 4. The minimum Gasteiger partial charge on any atom is -0.497 e. The van der Waals surface area contributed by atoms with Crippen LogP contribution in [-0.4, -0.2) is 15.5 Å². The molecule has 0 unspecified atom stereocenters. The molecule has 0 aliphatic carbocycles. The summed E-state index contributed by atoms with van der Waals surface area (Å²) in [6, 6.07) is 30.4. The molecule has 4 nitrogen and oxygen atoms in total. The van der Waals surface area contributed by atoms with E-state index in [0.29, 0.717) is 5.75 Å². The molecular formula is C28H25NO3S. The molecule has 166 valence electrons. The quantitative estimate of drug-likeness (QED) is 0.346. The van der Waals surface area contributed by atoms with Gasteiger partial charge in [-0.3, -0.25) is 0 Å². The third-order valence-corrected chi connectivity index (χ3v) is 8.20. The van der Waals surface area contributed by atoms with Gasteiger partial charge in [-0.05, 0) is 71.8 Å². The Kier molecular flexibility index (Phi) is 5.02. The van der Waals surface area contributed by atoms with Gasteiger partial charge in [-0.1, -0.05) is 50.2 Å². The van der Waals surface area contributed by atoms with Crippen LogP contribution in [0.2, 0.25) is 0 Å². The van der Waals surface area contributed by atoms with Crippen LogP contribution in [0, 0.1) is 0 Å². The van der Waals surface area contributed by atoms with E-state index in [0.717, 1.165) is 17.1 Å². The zero-order valence-corrected chi connectivity index (χ0v) is 19.6. The van der Waals surface area contributed by atoms with E-state index in [2.05, 4.69) is 55.1 Å². The molecule has 4 aromatic carbocycles. The third-order valence-electron chi connectivity index (χ3n) is 6.41. The predicted molar refractivity (Wildman–Crippen MR) is 132 cm³/mol. The topological polar surface area (TPSA) is 46.6 Å². The summed E-state index contributed by atoms with van der Waals surface area (Å²) >= 11 is 0. The summed E-state index contributed by atoms with van der Waals surface area (Å²) in [7, 11) is -2.07. The summed E-state index contributed by atoms with van der Waals surface area (Å²) in [5.41, 5.74) is 5.46. The molecule has 0 saturated carbocycles. The van der Waals surface area contributed by atoms with Gasteiger partial charge in [0, 0.05) is 11.1 Å². The smallest absolute Gasteiger partial charge is 0.206 e. The van der Waals surface area contributed by atoms with Crippen LogP contribution < -0.4 is 9.64 Å². The van der Waals surface area contributed by atoms with Crippen molar-refractivity contribution < 1.29 is 13.2 Å². The lowest BCUT2D eigenvalue weighted by Gasteiger charge is -2.42. The van der Waals surface area contributed by atoms with Crippen molar-refractivity contribution >= 4 is 26.9 Å². The van der Waals surface area contributed by atoms with Crippen LogP contribution >= 0.6 is 0 Å². The van der Waals surface area contributed by atoms with Crippen molar-refractivity contribution in [3.63, 3.8) is 0 Å². The van der Waals surface area contributed by atoms with Crippen molar-refractivity contribution in [2.45, 2.75) is 29.1 Å². The summed E-state index contributed by atoms with van der Waals surface area (Å²) in [5, 5.41) is 0. The molecule has 1 aliphatic heterocycles. The van der Waals surface area contributed by atoms with Gasteiger partial charge in [0.25, 0.3) is 0 Å². The minimum absolute atomic E-state index is 0.138. The van der Waals surface area contributed by atoms with Crippen LogP contribution in [0.25, 0.3) is 0 Å². The second kappa shape index (κ2) is 7.78. The van der Waals surface area contributed by atoms with Gasteiger partial charge < -0.3 is 9.64 Å². The van der Waals surface area contributed by atoms with E-state index >= 15 is 0 Å². The standard InChI is InChI=1S/C28H25NO3S/c1-28(2)24-8-4-6-10-26(24)29(27-11-7-5-9-25(27)28)20-12-16-22(17-13-20)33(30,31)23-18-14-21(32-3)15-19-23/h4-19H,1-3H3. The highest BCUT2D eigenvalue weighted by atomic mass is 32.2. The van der Waals surface area contributed by atoms with Crippen molar-refractivity contribution in [1.29, 1.82) is 0 Å². The van der Waals surface area contributed by atoms with Crippen molar-refractivity contribution in [3.8, 4) is 5.75 Å². The van der Waals surface area contributed by atoms with Gasteiger partial charge in [0.1, 0.15) is 5.75 Å². The minimum atomic E-state index is -3.63. The SMILES string of the molecule is COc1ccc(S(=O)(=O)c2ccc(N3c4ccccc4C(C)(C)c4ccccc43)cc2)cc1. The van der Waals surface area contributed by atoms with Gasteiger partial charge in [-0.25, -0.2) is 8.42 Å². The van der Waals surface area contributed by atoms with Gasteiger partial charge in [-0.2, -0.15) is 0 Å². The first-order valence-electron chi connectivity index (χ1n) is 10.8. The Bertz CT molecular complexity index is 1370. The molecule has 4 aromatic rings. The van der Waals surface area contributed by atoms with E-state index in [-0.39, 0.29) is 15.2 Å². The Morgan fingerprint density at radius 2 is 1.12 bits per heavy atom. The molecular weight excluding hydrogens is 430 g/mol. The maximum Gasteiger partial charge on any atom is 0.206 e. The molecule has 0 aromatic heterocycles. The molecule has 0 amide bonds. The molecule has 0 saturated heterocycles. The number of methoxy groups -OCH3 is 1. The molecule has 1 aliphatic rings. The Labute approximate surface area is 195 Å². The first-order chi connectivity index (χ1) is 15.8. The summed E-state index contributed by atoms with van der Waals surface area (Å²) in [4.78, 5) is 2.71. The first-order valence-corrected chi connectivity index (χ1v) is 12.3. The summed E-state index contributed by atoms with van der Waals surface area (Å²) in [6.07, 6.45) is 0. The van der Waals surface area contributed by atoms with Crippen molar-refractivity contribution in [2.75, 3.05) is 12.0 Å². The highest BCUT2D eigenvalue weighted by Crippen LogP contribution is 2.51. The maximum absolute atomic E-state index is 13.1. The molecule has 0 fully saturated rings. The largest absolute Gasteiger partial charge is 0.497 e. The Balaban J connectivity index is 1.59. The second-order valence-electron chi connectivity index (χ2n) is 8.67. The summed E-state index contributed by atoms with van der Waals surface area (Å²) in [5.74, 6) is 0.620. The highest BCUT2D eigenvalue weighted by Gasteiger charge is 2.36. The lowest BCUT2D eigenvalue weighted by molar-refractivity contribution is 0.414. The lowest BCUT2D eigenvalue weighted by Crippen LogP contribution is -2.30. The van der Waals surface area contributed by atoms with E-state index in [1.807, 2.05) is 24.3 Å². The number of anilines is 3. The van der Waals surface area contributed by atoms with E-state index in [1.54, 1.807) is 43.5 Å². The van der Waals surface area contributed by atoms with Crippen LogP contribution in [0.3, 0.4) is 0 Å². The fraction of sp³-hybridized carbons (Fsp3) is 0.143. The Hall–Kier alpha value is -3.57. The number of ether oxygens (including phenoxy) is 1. The van der Waals surface area contributed by atoms with Gasteiger partial charge in [-0.15, -0.1) is 0 Å². The molecule has 0 atom stereocenters. The zero-order valence-electron chi connectivity index (χ0n) is 18.8.